The Balaban J connectivity index is 1.55. The number of likely N-dealkylation sites (tertiary alicyclic amines) is 1. The molecule has 1 N–H and O–H groups in total. The molecular weight excluding hydrogens is 394 g/mol. The van der Waals surface area contributed by atoms with Gasteiger partial charge in [0.05, 0.1) is 13.2 Å². The fraction of sp³-hybridized carbons (Fsp3) is 0.625. The van der Waals surface area contributed by atoms with E-state index >= 15 is 0 Å². The molecule has 170 valence electrons. The highest BCUT2D eigenvalue weighted by atomic mass is 16.3. The molecule has 2 saturated heterocycles. The normalized spacial score (nSPS) is 18.5. The summed E-state index contributed by atoms with van der Waals surface area (Å²) >= 11 is 0. The van der Waals surface area contributed by atoms with Crippen LogP contribution in [0.1, 0.15) is 51.5 Å². The predicted octanol–water partition coefficient (Wildman–Crippen LogP) is 2.67. The van der Waals surface area contributed by atoms with Crippen LogP contribution in [0.2, 0.25) is 0 Å². The molecule has 0 aromatic heterocycles. The van der Waals surface area contributed by atoms with Crippen molar-refractivity contribution in [1.29, 1.82) is 0 Å². The molecule has 2 aliphatic heterocycles. The fourth-order valence-corrected chi connectivity index (χ4v) is 4.72. The number of imide groups is 1. The third-order valence-electron chi connectivity index (χ3n) is 6.39. The molecule has 2 heterocycles. The summed E-state index contributed by atoms with van der Waals surface area (Å²) in [6, 6.07) is 9.97. The standard InChI is InChI=1S/C24H35N3O4/c1-19(2)18-27-23(31)26(16-17-28)22(30)24(27)12-14-25(15-13-24)21(29)11-7-6-10-20-8-4-3-5-9-20/h3-5,8-9,19,28H,6-7,10-18H2,1-2H3. The Kier molecular flexibility index (Phi) is 7.70. The van der Waals surface area contributed by atoms with Crippen molar-refractivity contribution >= 4 is 17.8 Å². The van der Waals surface area contributed by atoms with E-state index in [1.165, 1.54) is 10.5 Å². The maximum absolute atomic E-state index is 13.1. The van der Waals surface area contributed by atoms with Gasteiger partial charge in [-0.05, 0) is 43.6 Å². The number of amides is 4. The van der Waals surface area contributed by atoms with Gasteiger partial charge in [0, 0.05) is 26.1 Å². The Hall–Kier alpha value is -2.41. The summed E-state index contributed by atoms with van der Waals surface area (Å²) < 4.78 is 0. The summed E-state index contributed by atoms with van der Waals surface area (Å²) in [4.78, 5) is 43.4. The first-order valence-electron chi connectivity index (χ1n) is 11.4. The summed E-state index contributed by atoms with van der Waals surface area (Å²) in [5.74, 6) is 0.136. The van der Waals surface area contributed by atoms with E-state index in [1.54, 1.807) is 4.90 Å². The van der Waals surface area contributed by atoms with Crippen LogP contribution in [0, 0.1) is 5.92 Å². The minimum atomic E-state index is -0.874. The minimum Gasteiger partial charge on any atom is -0.395 e. The van der Waals surface area contributed by atoms with Crippen LogP contribution in [0.25, 0.3) is 0 Å². The van der Waals surface area contributed by atoms with Crippen molar-refractivity contribution in [3.63, 3.8) is 0 Å². The second kappa shape index (κ2) is 10.3. The van der Waals surface area contributed by atoms with E-state index < -0.39 is 5.54 Å². The number of β-amino-alcohol motifs (C(OH)–C–C–N with tert-alkyl or cyclic N) is 1. The van der Waals surface area contributed by atoms with Gasteiger partial charge in [0.2, 0.25) is 5.91 Å². The Bertz CT molecular complexity index is 772. The number of hydrogen-bond acceptors (Lipinski definition) is 4. The van der Waals surface area contributed by atoms with Crippen LogP contribution in [-0.4, -0.2) is 76.0 Å². The average molecular weight is 430 g/mol. The number of hydrogen-bond donors (Lipinski definition) is 1. The molecule has 0 bridgehead atoms. The van der Waals surface area contributed by atoms with Crippen molar-refractivity contribution in [1.82, 2.24) is 14.7 Å². The van der Waals surface area contributed by atoms with Crippen molar-refractivity contribution in [2.24, 2.45) is 5.92 Å². The van der Waals surface area contributed by atoms with Crippen molar-refractivity contribution < 1.29 is 19.5 Å². The van der Waals surface area contributed by atoms with Gasteiger partial charge in [0.1, 0.15) is 5.54 Å². The van der Waals surface area contributed by atoms with Gasteiger partial charge < -0.3 is 14.9 Å². The molecule has 4 amide bonds. The number of piperidine rings is 1. The second-order valence-electron chi connectivity index (χ2n) is 9.07. The van der Waals surface area contributed by atoms with E-state index in [0.29, 0.717) is 38.9 Å². The molecule has 0 atom stereocenters. The smallest absolute Gasteiger partial charge is 0.327 e. The second-order valence-corrected chi connectivity index (χ2v) is 9.07. The first-order chi connectivity index (χ1) is 14.9. The maximum Gasteiger partial charge on any atom is 0.327 e. The zero-order valence-electron chi connectivity index (χ0n) is 18.8. The van der Waals surface area contributed by atoms with Crippen LogP contribution < -0.4 is 0 Å². The summed E-state index contributed by atoms with van der Waals surface area (Å²) in [7, 11) is 0. The molecule has 3 rings (SSSR count). The summed E-state index contributed by atoms with van der Waals surface area (Å²) in [6.07, 6.45) is 4.22. The largest absolute Gasteiger partial charge is 0.395 e. The first-order valence-corrected chi connectivity index (χ1v) is 11.4. The molecule has 0 radical (unpaired) electrons. The molecule has 0 unspecified atom stereocenters. The van der Waals surface area contributed by atoms with Crippen LogP contribution in [0.3, 0.4) is 0 Å². The molecule has 0 saturated carbocycles. The van der Waals surface area contributed by atoms with Crippen LogP contribution in [0.4, 0.5) is 4.79 Å². The van der Waals surface area contributed by atoms with Crippen LogP contribution in [0.5, 0.6) is 0 Å². The minimum absolute atomic E-state index is 0.0259. The van der Waals surface area contributed by atoms with E-state index in [0.717, 1.165) is 19.3 Å². The van der Waals surface area contributed by atoms with Crippen molar-refractivity contribution in [3.8, 4) is 0 Å². The first kappa shape index (κ1) is 23.3. The van der Waals surface area contributed by atoms with Crippen molar-refractivity contribution in [2.45, 2.75) is 57.9 Å². The Labute approximate surface area is 185 Å². The molecular formula is C24H35N3O4. The molecule has 2 fully saturated rings. The number of aliphatic hydroxyl groups is 1. The number of carbonyl (C=O) groups is 3. The molecule has 7 nitrogen and oxygen atoms in total. The monoisotopic (exact) mass is 429 g/mol. The molecule has 1 aromatic rings. The number of rotatable bonds is 9. The van der Waals surface area contributed by atoms with Gasteiger partial charge in [-0.15, -0.1) is 0 Å². The lowest BCUT2D eigenvalue weighted by atomic mass is 9.85. The van der Waals surface area contributed by atoms with Gasteiger partial charge in [-0.2, -0.15) is 0 Å². The van der Waals surface area contributed by atoms with Gasteiger partial charge >= 0.3 is 6.03 Å². The van der Waals surface area contributed by atoms with E-state index in [2.05, 4.69) is 12.1 Å². The number of benzene rings is 1. The van der Waals surface area contributed by atoms with Crippen LogP contribution in [-0.2, 0) is 16.0 Å². The lowest BCUT2D eigenvalue weighted by Gasteiger charge is -2.42. The molecule has 1 aromatic carbocycles. The summed E-state index contributed by atoms with van der Waals surface area (Å²) in [5, 5.41) is 9.29. The zero-order valence-corrected chi connectivity index (χ0v) is 18.8. The Morgan fingerprint density at radius 2 is 1.77 bits per heavy atom. The molecule has 2 aliphatic rings. The lowest BCUT2D eigenvalue weighted by Crippen LogP contribution is -2.58. The Morgan fingerprint density at radius 1 is 1.10 bits per heavy atom. The topological polar surface area (TPSA) is 81.2 Å². The van der Waals surface area contributed by atoms with Gasteiger partial charge in [-0.25, -0.2) is 4.79 Å². The number of aliphatic hydroxyl groups excluding tert-OH is 1. The predicted molar refractivity (Wildman–Crippen MR) is 118 cm³/mol. The van der Waals surface area contributed by atoms with Gasteiger partial charge in [0.25, 0.3) is 5.91 Å². The maximum atomic E-state index is 13.1. The highest BCUT2D eigenvalue weighted by molar-refractivity contribution is 6.07. The van der Waals surface area contributed by atoms with Gasteiger partial charge in [-0.1, -0.05) is 44.2 Å². The van der Waals surface area contributed by atoms with E-state index in [4.69, 9.17) is 0 Å². The average Bonchev–Trinajstić information content (AvgIpc) is 2.94. The Morgan fingerprint density at radius 3 is 2.39 bits per heavy atom. The third-order valence-corrected chi connectivity index (χ3v) is 6.39. The fourth-order valence-electron chi connectivity index (χ4n) is 4.72. The highest BCUT2D eigenvalue weighted by Crippen LogP contribution is 2.38. The van der Waals surface area contributed by atoms with E-state index in [9.17, 15) is 19.5 Å². The van der Waals surface area contributed by atoms with Gasteiger partial charge in [-0.3, -0.25) is 14.5 Å². The zero-order chi connectivity index (χ0) is 22.4. The van der Waals surface area contributed by atoms with Crippen LogP contribution in [0.15, 0.2) is 30.3 Å². The van der Waals surface area contributed by atoms with Gasteiger partial charge in [0.15, 0.2) is 0 Å². The highest BCUT2D eigenvalue weighted by Gasteiger charge is 2.57. The molecule has 31 heavy (non-hydrogen) atoms. The number of carbonyl (C=O) groups excluding carboxylic acids is 3. The summed E-state index contributed by atoms with van der Waals surface area (Å²) in [6.45, 7) is 5.30. The SMILES string of the molecule is CC(C)CN1C(=O)N(CCO)C(=O)C12CCN(C(=O)CCCCc1ccccc1)CC2. The summed E-state index contributed by atoms with van der Waals surface area (Å²) in [5.41, 5.74) is 0.414. The lowest BCUT2D eigenvalue weighted by molar-refractivity contribution is -0.141. The third kappa shape index (κ3) is 5.09. The number of nitrogens with zero attached hydrogens (tertiary/aromatic N) is 3. The molecule has 7 heteroatoms. The molecule has 1 spiro atoms. The van der Waals surface area contributed by atoms with Crippen molar-refractivity contribution in [3.05, 3.63) is 35.9 Å². The molecule has 0 aliphatic carbocycles. The van der Waals surface area contributed by atoms with Crippen LogP contribution >= 0.6 is 0 Å². The number of unbranched alkanes of at least 4 members (excludes halogenated alkanes) is 1. The van der Waals surface area contributed by atoms with E-state index in [1.807, 2.05) is 36.9 Å². The number of aryl methyl sites for hydroxylation is 1. The van der Waals surface area contributed by atoms with Crippen molar-refractivity contribution in [2.75, 3.05) is 32.8 Å². The number of urea groups is 1. The van der Waals surface area contributed by atoms with E-state index in [-0.39, 0.29) is 36.9 Å². The quantitative estimate of drug-likeness (QED) is 0.483.